The molecule has 3 N–H and O–H groups in total. The molecule has 7 heteroatoms. The second-order valence-electron chi connectivity index (χ2n) is 6.24. The quantitative estimate of drug-likeness (QED) is 0.220. The molecule has 0 fully saturated rings. The standard InChI is InChI=1S/C21H26N4OS.HI/c1-4-17-8-6-9-18(13-17)25-20(26)15-24-21(22-5-2)23-14-16(3)12-19-10-7-11-27-19;/h1,6-11,13,16H,5,12,14-15H2,2-3H3,(H,25,26)(H2,22,23,24);1H. The highest BCUT2D eigenvalue weighted by Crippen LogP contribution is 2.13. The molecule has 28 heavy (non-hydrogen) atoms. The fourth-order valence-corrected chi connectivity index (χ4v) is 3.36. The molecule has 1 aromatic heterocycles. The number of amides is 1. The molecule has 1 heterocycles. The maximum absolute atomic E-state index is 12.1. The number of carbonyl (C=O) groups excluding carboxylic acids is 1. The van der Waals surface area contributed by atoms with E-state index in [-0.39, 0.29) is 36.4 Å². The molecule has 0 bridgehead atoms. The van der Waals surface area contributed by atoms with Crippen molar-refractivity contribution in [2.24, 2.45) is 10.9 Å². The summed E-state index contributed by atoms with van der Waals surface area (Å²) in [6.07, 6.45) is 6.40. The van der Waals surface area contributed by atoms with Crippen LogP contribution in [0.15, 0.2) is 46.8 Å². The number of benzene rings is 1. The van der Waals surface area contributed by atoms with Crippen LogP contribution in [0, 0.1) is 18.3 Å². The summed E-state index contributed by atoms with van der Waals surface area (Å²) in [6, 6.07) is 11.4. The lowest BCUT2D eigenvalue weighted by Gasteiger charge is -2.15. The first-order valence-corrected chi connectivity index (χ1v) is 9.89. The molecule has 0 aliphatic heterocycles. The molecule has 0 aliphatic carbocycles. The van der Waals surface area contributed by atoms with Gasteiger partial charge in [-0.2, -0.15) is 0 Å². The Kier molecular flexibility index (Phi) is 11.3. The van der Waals surface area contributed by atoms with E-state index in [1.54, 1.807) is 23.5 Å². The predicted molar refractivity (Wildman–Crippen MR) is 130 cm³/mol. The van der Waals surface area contributed by atoms with Crippen LogP contribution in [0.2, 0.25) is 0 Å². The van der Waals surface area contributed by atoms with E-state index in [0.717, 1.165) is 25.1 Å². The molecule has 0 spiro atoms. The van der Waals surface area contributed by atoms with Gasteiger partial charge in [0.15, 0.2) is 5.96 Å². The predicted octanol–water partition coefficient (Wildman–Crippen LogP) is 3.72. The lowest BCUT2D eigenvalue weighted by atomic mass is 10.1. The molecule has 0 radical (unpaired) electrons. The number of nitrogens with zero attached hydrogens (tertiary/aromatic N) is 1. The number of terminal acetylenes is 1. The molecular weight excluding hydrogens is 483 g/mol. The largest absolute Gasteiger partial charge is 0.357 e. The van der Waals surface area contributed by atoms with Gasteiger partial charge in [-0.25, -0.2) is 4.99 Å². The van der Waals surface area contributed by atoms with Crippen molar-refractivity contribution >= 4 is 52.9 Å². The van der Waals surface area contributed by atoms with Crippen molar-refractivity contribution in [2.45, 2.75) is 20.3 Å². The van der Waals surface area contributed by atoms with Crippen LogP contribution in [0.25, 0.3) is 0 Å². The average Bonchev–Trinajstić information content (AvgIpc) is 3.17. The molecule has 0 aliphatic rings. The van der Waals surface area contributed by atoms with Crippen LogP contribution < -0.4 is 16.0 Å². The lowest BCUT2D eigenvalue weighted by Crippen LogP contribution is -2.40. The summed E-state index contributed by atoms with van der Waals surface area (Å²) in [5, 5.41) is 11.4. The summed E-state index contributed by atoms with van der Waals surface area (Å²) >= 11 is 1.77. The molecular formula is C21H27IN4OS. The fourth-order valence-electron chi connectivity index (χ4n) is 2.50. The Morgan fingerprint density at radius 1 is 1.29 bits per heavy atom. The van der Waals surface area contributed by atoms with Crippen LogP contribution in [0.5, 0.6) is 0 Å². The summed E-state index contributed by atoms with van der Waals surface area (Å²) in [4.78, 5) is 17.9. The van der Waals surface area contributed by atoms with E-state index in [9.17, 15) is 4.79 Å². The third-order valence-electron chi connectivity index (χ3n) is 3.79. The molecule has 1 atom stereocenters. The topological polar surface area (TPSA) is 65.5 Å². The van der Waals surface area contributed by atoms with E-state index in [1.165, 1.54) is 4.88 Å². The Morgan fingerprint density at radius 2 is 2.11 bits per heavy atom. The number of hydrogen-bond acceptors (Lipinski definition) is 3. The van der Waals surface area contributed by atoms with Gasteiger partial charge in [0.25, 0.3) is 0 Å². The van der Waals surface area contributed by atoms with Crippen molar-refractivity contribution in [3.63, 3.8) is 0 Å². The van der Waals surface area contributed by atoms with Crippen molar-refractivity contribution in [1.82, 2.24) is 10.6 Å². The second-order valence-corrected chi connectivity index (χ2v) is 7.27. The van der Waals surface area contributed by atoms with Crippen molar-refractivity contribution in [2.75, 3.05) is 25.0 Å². The zero-order valence-electron chi connectivity index (χ0n) is 16.2. The number of guanidine groups is 1. The van der Waals surface area contributed by atoms with Crippen LogP contribution in [-0.4, -0.2) is 31.5 Å². The summed E-state index contributed by atoms with van der Waals surface area (Å²) < 4.78 is 0. The van der Waals surface area contributed by atoms with Gasteiger partial charge in [0, 0.05) is 29.2 Å². The highest BCUT2D eigenvalue weighted by Gasteiger charge is 2.07. The van der Waals surface area contributed by atoms with Crippen LogP contribution in [0.3, 0.4) is 0 Å². The van der Waals surface area contributed by atoms with Crippen LogP contribution in [0.4, 0.5) is 5.69 Å². The van der Waals surface area contributed by atoms with Gasteiger partial charge in [-0.3, -0.25) is 4.79 Å². The van der Waals surface area contributed by atoms with Gasteiger partial charge >= 0.3 is 0 Å². The number of halogens is 1. The van der Waals surface area contributed by atoms with E-state index in [4.69, 9.17) is 6.42 Å². The zero-order valence-corrected chi connectivity index (χ0v) is 19.3. The van der Waals surface area contributed by atoms with Gasteiger partial charge in [-0.1, -0.05) is 25.0 Å². The van der Waals surface area contributed by atoms with Crippen molar-refractivity contribution < 1.29 is 4.79 Å². The monoisotopic (exact) mass is 510 g/mol. The Balaban J connectivity index is 0.00000392. The van der Waals surface area contributed by atoms with Crippen molar-refractivity contribution in [3.8, 4) is 12.3 Å². The summed E-state index contributed by atoms with van der Waals surface area (Å²) in [5.74, 6) is 3.47. The van der Waals surface area contributed by atoms with E-state index in [0.29, 0.717) is 17.6 Å². The molecule has 2 rings (SSSR count). The third kappa shape index (κ3) is 8.76. The third-order valence-corrected chi connectivity index (χ3v) is 4.68. The zero-order chi connectivity index (χ0) is 19.5. The van der Waals surface area contributed by atoms with Crippen molar-refractivity contribution in [3.05, 3.63) is 52.2 Å². The number of rotatable bonds is 8. The number of anilines is 1. The van der Waals surface area contributed by atoms with Gasteiger partial charge in [0.2, 0.25) is 5.91 Å². The minimum atomic E-state index is -0.187. The second kappa shape index (κ2) is 13.2. The number of thiophene rings is 1. The van der Waals surface area contributed by atoms with Crippen molar-refractivity contribution in [1.29, 1.82) is 0 Å². The maximum atomic E-state index is 12.1. The van der Waals surface area contributed by atoms with Crippen LogP contribution in [-0.2, 0) is 11.2 Å². The lowest BCUT2D eigenvalue weighted by molar-refractivity contribution is -0.114. The van der Waals surface area contributed by atoms with E-state index in [1.807, 2.05) is 19.1 Å². The van der Waals surface area contributed by atoms with E-state index < -0.39 is 0 Å². The van der Waals surface area contributed by atoms with Gasteiger partial charge in [-0.15, -0.1) is 41.7 Å². The molecule has 1 amide bonds. The highest BCUT2D eigenvalue weighted by molar-refractivity contribution is 14.0. The molecule has 150 valence electrons. The Bertz CT molecular complexity index is 799. The van der Waals surface area contributed by atoms with Gasteiger partial charge in [-0.05, 0) is 48.9 Å². The van der Waals surface area contributed by atoms with Gasteiger partial charge in [0.05, 0.1) is 0 Å². The van der Waals surface area contributed by atoms with Gasteiger partial charge in [0.1, 0.15) is 6.54 Å². The Morgan fingerprint density at radius 3 is 2.79 bits per heavy atom. The van der Waals surface area contributed by atoms with E-state index in [2.05, 4.69) is 51.3 Å². The summed E-state index contributed by atoms with van der Waals surface area (Å²) in [6.45, 7) is 5.75. The normalized spacial score (nSPS) is 11.7. The number of nitrogens with one attached hydrogen (secondary N) is 3. The molecule has 0 saturated heterocycles. The van der Waals surface area contributed by atoms with Gasteiger partial charge < -0.3 is 16.0 Å². The minimum Gasteiger partial charge on any atom is -0.357 e. The fraction of sp³-hybridized carbons (Fsp3) is 0.333. The first-order valence-electron chi connectivity index (χ1n) is 9.01. The molecule has 1 aromatic carbocycles. The number of aliphatic imine (C=N–C) groups is 1. The summed E-state index contributed by atoms with van der Waals surface area (Å²) in [5.41, 5.74) is 1.40. The molecule has 1 unspecified atom stereocenters. The smallest absolute Gasteiger partial charge is 0.246 e. The van der Waals surface area contributed by atoms with E-state index >= 15 is 0 Å². The van der Waals surface area contributed by atoms with Crippen LogP contribution in [0.1, 0.15) is 24.3 Å². The number of carbonyl (C=O) groups is 1. The SMILES string of the molecule is C#Cc1cccc(NC(=O)CN=C(NCC)NCC(C)Cc2cccs2)c1.I. The Hall–Kier alpha value is -2.05. The summed E-state index contributed by atoms with van der Waals surface area (Å²) in [7, 11) is 0. The average molecular weight is 510 g/mol. The first-order chi connectivity index (χ1) is 13.1. The minimum absolute atomic E-state index is 0. The maximum Gasteiger partial charge on any atom is 0.246 e. The van der Waals surface area contributed by atoms with Crippen LogP contribution >= 0.6 is 35.3 Å². The Labute approximate surface area is 188 Å². The highest BCUT2D eigenvalue weighted by atomic mass is 127. The molecule has 0 saturated carbocycles. The number of hydrogen-bond donors (Lipinski definition) is 3. The molecule has 5 nitrogen and oxygen atoms in total. The molecule has 2 aromatic rings. The first kappa shape index (κ1) is 24.0.